The third-order valence-corrected chi connectivity index (χ3v) is 3.42. The minimum Gasteiger partial charge on any atom is -0.349 e. The molecule has 1 fully saturated rings. The molecule has 1 aromatic carbocycles. The second-order valence-electron chi connectivity index (χ2n) is 4.67. The molecule has 5 nitrogen and oxygen atoms in total. The Morgan fingerprint density at radius 1 is 1.50 bits per heavy atom. The van der Waals surface area contributed by atoms with Crippen molar-refractivity contribution in [3.8, 4) is 0 Å². The number of nitrogens with zero attached hydrogens (tertiary/aromatic N) is 1. The lowest BCUT2D eigenvalue weighted by Gasteiger charge is -2.33. The van der Waals surface area contributed by atoms with Crippen LogP contribution in [0.25, 0.3) is 0 Å². The minimum absolute atomic E-state index is 0.0189. The molecule has 0 spiro atoms. The zero-order chi connectivity index (χ0) is 13.3. The zero-order valence-electron chi connectivity index (χ0n) is 9.85. The average molecular weight is 269 g/mol. The van der Waals surface area contributed by atoms with Gasteiger partial charge in [-0.3, -0.25) is 14.9 Å². The summed E-state index contributed by atoms with van der Waals surface area (Å²) in [5, 5.41) is 13.4. The van der Waals surface area contributed by atoms with Crippen LogP contribution in [0.4, 0.5) is 5.69 Å². The molecule has 0 saturated heterocycles. The monoisotopic (exact) mass is 268 g/mol. The molecule has 1 N–H and O–H groups in total. The molecule has 0 aliphatic heterocycles. The van der Waals surface area contributed by atoms with Gasteiger partial charge in [0.1, 0.15) is 5.02 Å². The van der Waals surface area contributed by atoms with E-state index < -0.39 is 4.92 Å². The van der Waals surface area contributed by atoms with Crippen molar-refractivity contribution in [2.75, 3.05) is 0 Å². The summed E-state index contributed by atoms with van der Waals surface area (Å²) in [6.07, 6.45) is 1.96. The van der Waals surface area contributed by atoms with Crippen molar-refractivity contribution in [3.63, 3.8) is 0 Å². The second kappa shape index (κ2) is 4.94. The van der Waals surface area contributed by atoms with Crippen molar-refractivity contribution < 1.29 is 9.72 Å². The number of carbonyl (C=O) groups excluding carboxylic acids is 1. The van der Waals surface area contributed by atoms with Crippen LogP contribution in [0.5, 0.6) is 0 Å². The Morgan fingerprint density at radius 2 is 2.17 bits per heavy atom. The van der Waals surface area contributed by atoms with Gasteiger partial charge in [0.05, 0.1) is 4.92 Å². The van der Waals surface area contributed by atoms with Gasteiger partial charge in [0.2, 0.25) is 0 Å². The van der Waals surface area contributed by atoms with Crippen molar-refractivity contribution in [3.05, 3.63) is 38.9 Å². The number of nitro groups is 1. The number of hydrogen-bond donors (Lipinski definition) is 1. The summed E-state index contributed by atoms with van der Waals surface area (Å²) in [6, 6.07) is 4.21. The maximum atomic E-state index is 11.8. The van der Waals surface area contributed by atoms with Crippen LogP contribution >= 0.6 is 11.6 Å². The van der Waals surface area contributed by atoms with E-state index in [0.29, 0.717) is 11.5 Å². The number of halogens is 1. The number of hydrogen-bond acceptors (Lipinski definition) is 3. The fourth-order valence-corrected chi connectivity index (χ4v) is 2.33. The van der Waals surface area contributed by atoms with Crippen molar-refractivity contribution in [2.45, 2.75) is 25.8 Å². The molecule has 0 atom stereocenters. The highest BCUT2D eigenvalue weighted by Crippen LogP contribution is 2.28. The van der Waals surface area contributed by atoms with E-state index in [2.05, 4.69) is 12.2 Å². The lowest BCUT2D eigenvalue weighted by molar-refractivity contribution is -0.384. The Morgan fingerprint density at radius 3 is 2.67 bits per heavy atom. The average Bonchev–Trinajstić information content (AvgIpc) is 2.26. The Balaban J connectivity index is 2.07. The van der Waals surface area contributed by atoms with Crippen molar-refractivity contribution in [1.82, 2.24) is 5.32 Å². The molecule has 1 aliphatic carbocycles. The van der Waals surface area contributed by atoms with E-state index in [1.807, 2.05) is 0 Å². The molecule has 1 amide bonds. The summed E-state index contributed by atoms with van der Waals surface area (Å²) < 4.78 is 0. The highest BCUT2D eigenvalue weighted by molar-refractivity contribution is 6.33. The highest BCUT2D eigenvalue weighted by Gasteiger charge is 2.27. The summed E-state index contributed by atoms with van der Waals surface area (Å²) >= 11 is 5.75. The second-order valence-corrected chi connectivity index (χ2v) is 5.08. The number of nitro benzene ring substituents is 1. The number of amides is 1. The lowest BCUT2D eigenvalue weighted by atomic mass is 9.82. The Bertz CT molecular complexity index is 498. The molecule has 2 rings (SSSR count). The molecule has 0 heterocycles. The molecule has 0 bridgehead atoms. The first-order valence-corrected chi connectivity index (χ1v) is 6.10. The van der Waals surface area contributed by atoms with Crippen LogP contribution < -0.4 is 5.32 Å². The van der Waals surface area contributed by atoms with Gasteiger partial charge < -0.3 is 5.32 Å². The largest absolute Gasteiger partial charge is 0.349 e. The molecule has 0 unspecified atom stereocenters. The summed E-state index contributed by atoms with van der Waals surface area (Å²) in [7, 11) is 0. The van der Waals surface area contributed by atoms with Gasteiger partial charge in [0.25, 0.3) is 11.6 Å². The quantitative estimate of drug-likeness (QED) is 0.677. The number of nitrogens with one attached hydrogen (secondary N) is 1. The summed E-state index contributed by atoms with van der Waals surface area (Å²) in [6.45, 7) is 2.13. The number of rotatable bonds is 3. The predicted molar refractivity (Wildman–Crippen MR) is 67.8 cm³/mol. The topological polar surface area (TPSA) is 72.2 Å². The van der Waals surface area contributed by atoms with Crippen molar-refractivity contribution >= 4 is 23.2 Å². The van der Waals surface area contributed by atoms with E-state index >= 15 is 0 Å². The SMILES string of the molecule is CC1CC(NC(=O)c2ccc([N+](=O)[O-])c(Cl)c2)C1. The first-order chi connectivity index (χ1) is 8.47. The zero-order valence-corrected chi connectivity index (χ0v) is 10.6. The number of benzene rings is 1. The standard InChI is InChI=1S/C12H13ClN2O3/c1-7-4-9(5-7)14-12(16)8-2-3-11(15(17)18)10(13)6-8/h2-3,6-7,9H,4-5H2,1H3,(H,14,16). The minimum atomic E-state index is -0.572. The lowest BCUT2D eigenvalue weighted by Crippen LogP contribution is -2.43. The summed E-state index contributed by atoms with van der Waals surface area (Å²) in [5.74, 6) is 0.416. The van der Waals surface area contributed by atoms with Crippen molar-refractivity contribution in [2.24, 2.45) is 5.92 Å². The fourth-order valence-electron chi connectivity index (χ4n) is 2.09. The van der Waals surface area contributed by atoms with Crippen molar-refractivity contribution in [1.29, 1.82) is 0 Å². The Kier molecular flexibility index (Phi) is 3.52. The van der Waals surface area contributed by atoms with Crippen LogP contribution in [-0.2, 0) is 0 Å². The third-order valence-electron chi connectivity index (χ3n) is 3.12. The van der Waals surface area contributed by atoms with Gasteiger partial charge in [0.15, 0.2) is 0 Å². The van der Waals surface area contributed by atoms with Crippen LogP contribution in [0.2, 0.25) is 5.02 Å². The van der Waals surface area contributed by atoms with Gasteiger partial charge >= 0.3 is 0 Å². The van der Waals surface area contributed by atoms with E-state index in [4.69, 9.17) is 11.6 Å². The first kappa shape index (κ1) is 12.8. The Labute approximate surface area is 109 Å². The van der Waals surface area contributed by atoms with E-state index in [1.54, 1.807) is 0 Å². The molecular weight excluding hydrogens is 256 g/mol. The molecule has 18 heavy (non-hydrogen) atoms. The molecule has 6 heteroatoms. The van der Waals surface area contributed by atoms with Crippen LogP contribution in [0.15, 0.2) is 18.2 Å². The summed E-state index contributed by atoms with van der Waals surface area (Å²) in [4.78, 5) is 21.9. The van der Waals surface area contributed by atoms with Gasteiger partial charge in [-0.25, -0.2) is 0 Å². The van der Waals surface area contributed by atoms with Crippen LogP contribution in [-0.4, -0.2) is 16.9 Å². The molecule has 1 aliphatic rings. The van der Waals surface area contributed by atoms with E-state index in [9.17, 15) is 14.9 Å². The molecule has 0 aromatic heterocycles. The summed E-state index contributed by atoms with van der Waals surface area (Å²) in [5.41, 5.74) is 0.163. The van der Waals surface area contributed by atoms with Crippen LogP contribution in [0, 0.1) is 16.0 Å². The molecule has 1 saturated carbocycles. The van der Waals surface area contributed by atoms with Gasteiger partial charge in [-0.15, -0.1) is 0 Å². The van der Waals surface area contributed by atoms with Crippen LogP contribution in [0.1, 0.15) is 30.1 Å². The molecule has 0 radical (unpaired) electrons. The van der Waals surface area contributed by atoms with E-state index in [0.717, 1.165) is 12.8 Å². The first-order valence-electron chi connectivity index (χ1n) is 5.72. The Hall–Kier alpha value is -1.62. The third kappa shape index (κ3) is 2.61. The van der Waals surface area contributed by atoms with Crippen LogP contribution in [0.3, 0.4) is 0 Å². The smallest absolute Gasteiger partial charge is 0.287 e. The van der Waals surface area contributed by atoms with Gasteiger partial charge in [-0.1, -0.05) is 18.5 Å². The van der Waals surface area contributed by atoms with E-state index in [-0.39, 0.29) is 22.7 Å². The maximum Gasteiger partial charge on any atom is 0.287 e. The van der Waals surface area contributed by atoms with Gasteiger partial charge in [0, 0.05) is 17.7 Å². The fraction of sp³-hybridized carbons (Fsp3) is 0.417. The predicted octanol–water partition coefficient (Wildman–Crippen LogP) is 2.78. The highest BCUT2D eigenvalue weighted by atomic mass is 35.5. The normalized spacial score (nSPS) is 22.1. The maximum absolute atomic E-state index is 11.8. The molecule has 96 valence electrons. The van der Waals surface area contributed by atoms with E-state index in [1.165, 1.54) is 18.2 Å². The van der Waals surface area contributed by atoms with Gasteiger partial charge in [-0.2, -0.15) is 0 Å². The molecule has 1 aromatic rings. The molecular formula is C12H13ClN2O3. The number of carbonyl (C=O) groups is 1. The van der Waals surface area contributed by atoms with Gasteiger partial charge in [-0.05, 0) is 30.9 Å².